The van der Waals surface area contributed by atoms with Crippen molar-refractivity contribution in [2.75, 3.05) is 13.2 Å². The molecule has 0 radical (unpaired) electrons. The lowest BCUT2D eigenvalue weighted by molar-refractivity contribution is -0.227. The molecule has 1 saturated carbocycles. The van der Waals surface area contributed by atoms with Crippen molar-refractivity contribution in [3.8, 4) is 23.2 Å². The number of pyridine rings is 1. The van der Waals surface area contributed by atoms with Gasteiger partial charge in [0, 0.05) is 11.6 Å². The summed E-state index contributed by atoms with van der Waals surface area (Å²) in [6, 6.07) is 4.01. The predicted octanol–water partition coefficient (Wildman–Crippen LogP) is 2.35. The highest BCUT2D eigenvalue weighted by Gasteiger charge is 2.29. The van der Waals surface area contributed by atoms with Crippen LogP contribution in [0.25, 0.3) is 11.4 Å². The third kappa shape index (κ3) is 4.43. The summed E-state index contributed by atoms with van der Waals surface area (Å²) in [7, 11) is 0. The molecule has 8 nitrogen and oxygen atoms in total. The Bertz CT molecular complexity index is 843. The molecule has 0 aromatic carbocycles. The van der Waals surface area contributed by atoms with Crippen LogP contribution in [0.5, 0.6) is 5.75 Å². The van der Waals surface area contributed by atoms with Crippen LogP contribution in [-0.4, -0.2) is 45.6 Å². The Hall–Kier alpha value is -2.50. The molecular weight excluding hydrogens is 346 g/mol. The van der Waals surface area contributed by atoms with Gasteiger partial charge in [-0.15, -0.1) is 5.10 Å². The fraction of sp³-hybridized carbons (Fsp3) is 0.579. The molecule has 1 aliphatic carbocycles. The Morgan fingerprint density at radius 3 is 2.81 bits per heavy atom. The first kappa shape index (κ1) is 17.9. The van der Waals surface area contributed by atoms with Crippen molar-refractivity contribution in [1.29, 1.82) is 5.26 Å². The first-order valence-corrected chi connectivity index (χ1v) is 9.19. The van der Waals surface area contributed by atoms with E-state index in [1.807, 2.05) is 12.3 Å². The molecule has 0 amide bonds. The Morgan fingerprint density at radius 2 is 2.11 bits per heavy atom. The molecule has 1 aliphatic heterocycles. The number of rotatable bonds is 6. The fourth-order valence-corrected chi connectivity index (χ4v) is 2.80. The van der Waals surface area contributed by atoms with E-state index >= 15 is 0 Å². The molecule has 0 N–H and O–H groups in total. The molecule has 2 aliphatic rings. The average molecular weight is 369 g/mol. The standard InChI is InChI=1S/C19H23N5O3/c1-19(2)11-25-17(26-12-19)10-24-9-15(22-23-24)18-16(27-14-3-4-14)7-13(5-6-20)8-21-18/h7-9,14,17H,3-5,10-12H2,1-2H3. The summed E-state index contributed by atoms with van der Waals surface area (Å²) in [5.74, 6) is 0.657. The van der Waals surface area contributed by atoms with Gasteiger partial charge in [-0.3, -0.25) is 4.98 Å². The molecule has 142 valence electrons. The molecule has 2 fully saturated rings. The lowest BCUT2D eigenvalue weighted by Crippen LogP contribution is -2.39. The summed E-state index contributed by atoms with van der Waals surface area (Å²) < 4.78 is 19.2. The van der Waals surface area contributed by atoms with E-state index in [2.05, 4.69) is 35.2 Å². The molecule has 0 unspecified atom stereocenters. The van der Waals surface area contributed by atoms with Crippen LogP contribution in [0.4, 0.5) is 0 Å². The first-order valence-electron chi connectivity index (χ1n) is 9.19. The first-order chi connectivity index (χ1) is 13.0. The van der Waals surface area contributed by atoms with E-state index in [0.717, 1.165) is 18.4 Å². The summed E-state index contributed by atoms with van der Waals surface area (Å²) in [5.41, 5.74) is 2.14. The van der Waals surface area contributed by atoms with Crippen molar-refractivity contribution in [2.45, 2.75) is 52.0 Å². The summed E-state index contributed by atoms with van der Waals surface area (Å²) in [4.78, 5) is 4.47. The quantitative estimate of drug-likeness (QED) is 0.771. The highest BCUT2D eigenvalue weighted by atomic mass is 16.7. The van der Waals surface area contributed by atoms with Crippen LogP contribution < -0.4 is 4.74 Å². The van der Waals surface area contributed by atoms with Crippen LogP contribution in [0.1, 0.15) is 32.3 Å². The van der Waals surface area contributed by atoms with Gasteiger partial charge in [0.05, 0.1) is 44.5 Å². The van der Waals surface area contributed by atoms with Crippen molar-refractivity contribution in [2.24, 2.45) is 5.41 Å². The topological polar surface area (TPSA) is 95.1 Å². The van der Waals surface area contributed by atoms with Gasteiger partial charge in [0.25, 0.3) is 0 Å². The normalized spacial score (nSPS) is 19.6. The number of aromatic nitrogens is 4. The maximum atomic E-state index is 8.91. The zero-order valence-corrected chi connectivity index (χ0v) is 15.6. The molecule has 0 atom stereocenters. The van der Waals surface area contributed by atoms with Gasteiger partial charge in [-0.2, -0.15) is 5.26 Å². The molecule has 4 rings (SSSR count). The number of nitrogens with zero attached hydrogens (tertiary/aromatic N) is 5. The Labute approximate surface area is 158 Å². The Kier molecular flexibility index (Phi) is 4.81. The second kappa shape index (κ2) is 7.25. The molecule has 27 heavy (non-hydrogen) atoms. The molecule has 2 aromatic rings. The minimum absolute atomic E-state index is 0.0359. The second-order valence-electron chi connectivity index (χ2n) is 7.88. The van der Waals surface area contributed by atoms with Gasteiger partial charge < -0.3 is 14.2 Å². The van der Waals surface area contributed by atoms with Crippen LogP contribution in [0.3, 0.4) is 0 Å². The minimum atomic E-state index is -0.333. The molecule has 0 bridgehead atoms. The van der Waals surface area contributed by atoms with Gasteiger partial charge in [-0.25, -0.2) is 4.68 Å². The van der Waals surface area contributed by atoms with E-state index in [9.17, 15) is 0 Å². The van der Waals surface area contributed by atoms with Gasteiger partial charge in [-0.05, 0) is 24.5 Å². The molecule has 8 heteroatoms. The van der Waals surface area contributed by atoms with Gasteiger partial charge in [0.15, 0.2) is 6.29 Å². The van der Waals surface area contributed by atoms with Crippen LogP contribution in [0.15, 0.2) is 18.5 Å². The lowest BCUT2D eigenvalue weighted by Gasteiger charge is -2.34. The monoisotopic (exact) mass is 369 g/mol. The fourth-order valence-electron chi connectivity index (χ4n) is 2.80. The van der Waals surface area contributed by atoms with Gasteiger partial charge >= 0.3 is 0 Å². The van der Waals surface area contributed by atoms with Gasteiger partial charge in [0.2, 0.25) is 0 Å². The molecule has 0 spiro atoms. The SMILES string of the molecule is CC1(C)COC(Cn2cc(-c3ncc(CC#N)cc3OC3CC3)nn2)OC1. The van der Waals surface area contributed by atoms with E-state index in [4.69, 9.17) is 19.5 Å². The summed E-state index contributed by atoms with van der Waals surface area (Å²) in [5, 5.41) is 17.3. The number of hydrogen-bond acceptors (Lipinski definition) is 7. The smallest absolute Gasteiger partial charge is 0.177 e. The van der Waals surface area contributed by atoms with Crippen molar-refractivity contribution in [3.63, 3.8) is 0 Å². The molecule has 2 aromatic heterocycles. The maximum Gasteiger partial charge on any atom is 0.177 e. The summed E-state index contributed by atoms with van der Waals surface area (Å²) >= 11 is 0. The largest absolute Gasteiger partial charge is 0.488 e. The van der Waals surface area contributed by atoms with Crippen LogP contribution in [0, 0.1) is 16.7 Å². The maximum absolute atomic E-state index is 8.91. The van der Waals surface area contributed by atoms with Crippen LogP contribution in [-0.2, 0) is 22.4 Å². The molecule has 3 heterocycles. The molecule has 1 saturated heterocycles. The third-order valence-electron chi connectivity index (χ3n) is 4.45. The Morgan fingerprint density at radius 1 is 1.33 bits per heavy atom. The van der Waals surface area contributed by atoms with Crippen molar-refractivity contribution >= 4 is 0 Å². The van der Waals surface area contributed by atoms with Gasteiger partial charge in [-0.1, -0.05) is 19.1 Å². The highest BCUT2D eigenvalue weighted by Crippen LogP contribution is 2.33. The van der Waals surface area contributed by atoms with Crippen molar-refractivity contribution < 1.29 is 14.2 Å². The zero-order valence-electron chi connectivity index (χ0n) is 15.6. The molecular formula is C19H23N5O3. The van der Waals surface area contributed by atoms with E-state index in [1.165, 1.54) is 0 Å². The third-order valence-corrected chi connectivity index (χ3v) is 4.45. The Balaban J connectivity index is 1.49. The lowest BCUT2D eigenvalue weighted by atomic mass is 9.96. The van der Waals surface area contributed by atoms with Gasteiger partial charge in [0.1, 0.15) is 17.1 Å². The minimum Gasteiger partial charge on any atom is -0.488 e. The van der Waals surface area contributed by atoms with E-state index < -0.39 is 0 Å². The predicted molar refractivity (Wildman–Crippen MR) is 95.7 cm³/mol. The van der Waals surface area contributed by atoms with E-state index in [0.29, 0.717) is 43.3 Å². The van der Waals surface area contributed by atoms with E-state index in [1.54, 1.807) is 10.9 Å². The second-order valence-corrected chi connectivity index (χ2v) is 7.88. The average Bonchev–Trinajstić information content (AvgIpc) is 3.33. The summed E-state index contributed by atoms with van der Waals surface area (Å²) in [6.07, 6.45) is 5.78. The van der Waals surface area contributed by atoms with Crippen molar-refractivity contribution in [1.82, 2.24) is 20.0 Å². The number of nitriles is 1. The van der Waals surface area contributed by atoms with E-state index in [-0.39, 0.29) is 17.8 Å². The van der Waals surface area contributed by atoms with Crippen LogP contribution in [0.2, 0.25) is 0 Å². The summed E-state index contributed by atoms with van der Waals surface area (Å²) in [6.45, 7) is 6.00. The van der Waals surface area contributed by atoms with Crippen LogP contribution >= 0.6 is 0 Å². The highest BCUT2D eigenvalue weighted by molar-refractivity contribution is 5.62. The zero-order chi connectivity index (χ0) is 18.9. The number of ether oxygens (including phenoxy) is 3. The number of hydrogen-bond donors (Lipinski definition) is 0. The van der Waals surface area contributed by atoms with Crippen molar-refractivity contribution in [3.05, 3.63) is 24.0 Å².